The fourth-order valence-corrected chi connectivity index (χ4v) is 5.89. The molecule has 0 aromatic heterocycles. The second-order valence-corrected chi connectivity index (χ2v) is 9.31. The van der Waals surface area contributed by atoms with Gasteiger partial charge in [-0.05, 0) is 30.5 Å². The summed E-state index contributed by atoms with van der Waals surface area (Å²) in [7, 11) is -0.0874. The van der Waals surface area contributed by atoms with Gasteiger partial charge in [0.15, 0.2) is 11.5 Å². The minimum absolute atomic E-state index is 0.000124. The molecule has 0 bridgehead atoms. The molecule has 7 nitrogen and oxygen atoms in total. The van der Waals surface area contributed by atoms with Gasteiger partial charge in [0.2, 0.25) is 15.9 Å². The molecule has 27 heavy (non-hydrogen) atoms. The van der Waals surface area contributed by atoms with E-state index < -0.39 is 10.0 Å². The Morgan fingerprint density at radius 2 is 1.67 bits per heavy atom. The first-order valence-corrected chi connectivity index (χ1v) is 10.9. The topological polar surface area (TPSA) is 76.2 Å². The van der Waals surface area contributed by atoms with Crippen LogP contribution in [0.4, 0.5) is 0 Å². The largest absolute Gasteiger partial charge is 0.493 e. The second kappa shape index (κ2) is 8.48. The average Bonchev–Trinajstić information content (AvgIpc) is 3.23. The Labute approximate surface area is 161 Å². The van der Waals surface area contributed by atoms with Gasteiger partial charge in [0.1, 0.15) is 0 Å². The molecule has 0 radical (unpaired) electrons. The molecule has 0 unspecified atom stereocenters. The van der Waals surface area contributed by atoms with Crippen LogP contribution in [0.2, 0.25) is 0 Å². The molecule has 2 fully saturated rings. The van der Waals surface area contributed by atoms with Gasteiger partial charge in [0, 0.05) is 26.2 Å². The number of ether oxygens (including phenoxy) is 2. The lowest BCUT2D eigenvalue weighted by Gasteiger charge is -2.35. The van der Waals surface area contributed by atoms with E-state index in [0.29, 0.717) is 37.7 Å². The first-order valence-electron chi connectivity index (χ1n) is 9.43. The van der Waals surface area contributed by atoms with Crippen molar-refractivity contribution in [3.05, 3.63) is 23.8 Å². The molecule has 1 aliphatic carbocycles. The van der Waals surface area contributed by atoms with Crippen molar-refractivity contribution in [3.8, 4) is 11.5 Å². The van der Waals surface area contributed by atoms with Crippen LogP contribution in [0.25, 0.3) is 0 Å². The van der Waals surface area contributed by atoms with Gasteiger partial charge < -0.3 is 14.4 Å². The van der Waals surface area contributed by atoms with E-state index in [4.69, 9.17) is 9.47 Å². The summed E-state index contributed by atoms with van der Waals surface area (Å²) in [5.74, 6) is 1.22. The van der Waals surface area contributed by atoms with Crippen LogP contribution in [0.5, 0.6) is 11.5 Å². The molecule has 2 aliphatic rings. The molecular weight excluding hydrogens is 368 g/mol. The first kappa shape index (κ1) is 19.9. The standard InChI is InChI=1S/C19H28N2O5S/c1-25-17-8-7-15(13-18(17)26-2)14-19(22)20-9-11-21(12-10-20)27(23,24)16-5-3-4-6-16/h7-8,13,16H,3-6,9-12,14H2,1-2H3. The molecule has 150 valence electrons. The zero-order valence-electron chi connectivity index (χ0n) is 16.0. The number of nitrogens with zero attached hydrogens (tertiary/aromatic N) is 2. The summed E-state index contributed by atoms with van der Waals surface area (Å²) in [5.41, 5.74) is 0.846. The van der Waals surface area contributed by atoms with E-state index in [1.54, 1.807) is 35.6 Å². The van der Waals surface area contributed by atoms with Crippen LogP contribution in [0.1, 0.15) is 31.2 Å². The normalized spacial score (nSPS) is 19.3. The minimum atomic E-state index is -3.22. The highest BCUT2D eigenvalue weighted by Gasteiger charge is 2.36. The van der Waals surface area contributed by atoms with E-state index in [1.165, 1.54) is 0 Å². The lowest BCUT2D eigenvalue weighted by Crippen LogP contribution is -2.52. The Morgan fingerprint density at radius 3 is 2.26 bits per heavy atom. The molecule has 1 heterocycles. The minimum Gasteiger partial charge on any atom is -0.493 e. The number of hydrogen-bond donors (Lipinski definition) is 0. The maximum atomic E-state index is 12.7. The van der Waals surface area contributed by atoms with Gasteiger partial charge in [0.25, 0.3) is 0 Å². The molecule has 0 N–H and O–H groups in total. The highest BCUT2D eigenvalue weighted by molar-refractivity contribution is 7.89. The fraction of sp³-hybridized carbons (Fsp3) is 0.632. The lowest BCUT2D eigenvalue weighted by atomic mass is 10.1. The third-order valence-electron chi connectivity index (χ3n) is 5.48. The Bertz CT molecular complexity index is 766. The van der Waals surface area contributed by atoms with Crippen LogP contribution in [-0.4, -0.2) is 69.2 Å². The van der Waals surface area contributed by atoms with Crippen molar-refractivity contribution in [3.63, 3.8) is 0 Å². The predicted molar refractivity (Wildman–Crippen MR) is 103 cm³/mol. The van der Waals surface area contributed by atoms with Crippen LogP contribution in [0.15, 0.2) is 18.2 Å². The summed E-state index contributed by atoms with van der Waals surface area (Å²) in [5, 5.41) is -0.230. The molecule has 8 heteroatoms. The Kier molecular flexibility index (Phi) is 6.26. The van der Waals surface area contributed by atoms with Crippen molar-refractivity contribution in [1.82, 2.24) is 9.21 Å². The van der Waals surface area contributed by atoms with Crippen molar-refractivity contribution < 1.29 is 22.7 Å². The van der Waals surface area contributed by atoms with Gasteiger partial charge in [-0.25, -0.2) is 8.42 Å². The molecule has 0 spiro atoms. The van der Waals surface area contributed by atoms with Gasteiger partial charge in [0.05, 0.1) is 25.9 Å². The monoisotopic (exact) mass is 396 g/mol. The number of carbonyl (C=O) groups excluding carboxylic acids is 1. The third-order valence-corrected chi connectivity index (χ3v) is 7.88. The van der Waals surface area contributed by atoms with Crippen LogP contribution in [-0.2, 0) is 21.2 Å². The van der Waals surface area contributed by atoms with Crippen LogP contribution < -0.4 is 9.47 Å². The molecule has 1 aromatic rings. The van der Waals surface area contributed by atoms with E-state index in [-0.39, 0.29) is 17.6 Å². The lowest BCUT2D eigenvalue weighted by molar-refractivity contribution is -0.131. The molecule has 1 saturated carbocycles. The number of carbonyl (C=O) groups is 1. The van der Waals surface area contributed by atoms with Crippen molar-refractivity contribution >= 4 is 15.9 Å². The average molecular weight is 397 g/mol. The van der Waals surface area contributed by atoms with Gasteiger partial charge in [-0.2, -0.15) is 4.31 Å². The fourth-order valence-electron chi connectivity index (χ4n) is 3.87. The molecule has 1 aromatic carbocycles. The molecule has 1 aliphatic heterocycles. The highest BCUT2D eigenvalue weighted by atomic mass is 32.2. The number of benzene rings is 1. The Hall–Kier alpha value is -1.80. The summed E-state index contributed by atoms with van der Waals surface area (Å²) < 4.78 is 37.4. The summed E-state index contributed by atoms with van der Waals surface area (Å²) in [6.07, 6.45) is 3.78. The van der Waals surface area contributed by atoms with Crippen molar-refractivity contribution in [2.45, 2.75) is 37.4 Å². The zero-order valence-corrected chi connectivity index (χ0v) is 16.8. The zero-order chi connectivity index (χ0) is 19.4. The molecule has 1 saturated heterocycles. The molecule has 0 atom stereocenters. The number of piperazine rings is 1. The van der Waals surface area contributed by atoms with Crippen LogP contribution >= 0.6 is 0 Å². The number of rotatable bonds is 6. The van der Waals surface area contributed by atoms with Crippen LogP contribution in [0.3, 0.4) is 0 Å². The Balaban J connectivity index is 1.57. The third kappa shape index (κ3) is 4.38. The SMILES string of the molecule is COc1ccc(CC(=O)N2CCN(S(=O)(=O)C3CCCC3)CC2)cc1OC. The maximum Gasteiger partial charge on any atom is 0.227 e. The van der Waals surface area contributed by atoms with Crippen LogP contribution in [0, 0.1) is 0 Å². The summed E-state index contributed by atoms with van der Waals surface area (Å²) in [6, 6.07) is 5.44. The molecule has 1 amide bonds. The smallest absolute Gasteiger partial charge is 0.227 e. The number of methoxy groups -OCH3 is 2. The number of hydrogen-bond acceptors (Lipinski definition) is 5. The Morgan fingerprint density at radius 1 is 1.04 bits per heavy atom. The number of amides is 1. The van der Waals surface area contributed by atoms with Gasteiger partial charge in [-0.3, -0.25) is 4.79 Å². The number of sulfonamides is 1. The van der Waals surface area contributed by atoms with E-state index in [1.807, 2.05) is 6.07 Å². The summed E-state index contributed by atoms with van der Waals surface area (Å²) >= 11 is 0. The van der Waals surface area contributed by atoms with Gasteiger partial charge in [-0.1, -0.05) is 18.9 Å². The quantitative estimate of drug-likeness (QED) is 0.731. The van der Waals surface area contributed by atoms with E-state index in [9.17, 15) is 13.2 Å². The van der Waals surface area contributed by atoms with E-state index in [2.05, 4.69) is 0 Å². The molecular formula is C19H28N2O5S. The molecule has 3 rings (SSSR count). The van der Waals surface area contributed by atoms with Crippen molar-refractivity contribution in [2.24, 2.45) is 0 Å². The maximum absolute atomic E-state index is 12.7. The van der Waals surface area contributed by atoms with E-state index in [0.717, 1.165) is 31.2 Å². The van der Waals surface area contributed by atoms with E-state index >= 15 is 0 Å². The van der Waals surface area contributed by atoms with Gasteiger partial charge >= 0.3 is 0 Å². The van der Waals surface area contributed by atoms with Gasteiger partial charge in [-0.15, -0.1) is 0 Å². The predicted octanol–water partition coefficient (Wildman–Crippen LogP) is 1.66. The highest BCUT2D eigenvalue weighted by Crippen LogP contribution is 2.29. The second-order valence-electron chi connectivity index (χ2n) is 7.10. The summed E-state index contributed by atoms with van der Waals surface area (Å²) in [4.78, 5) is 14.4. The van der Waals surface area contributed by atoms with Crippen molar-refractivity contribution in [2.75, 3.05) is 40.4 Å². The van der Waals surface area contributed by atoms with Crippen molar-refractivity contribution in [1.29, 1.82) is 0 Å². The first-order chi connectivity index (χ1) is 13.0. The summed E-state index contributed by atoms with van der Waals surface area (Å²) in [6.45, 7) is 1.66.